The third kappa shape index (κ3) is 4.12. The Bertz CT molecular complexity index is 532. The van der Waals surface area contributed by atoms with Crippen molar-refractivity contribution in [2.45, 2.75) is 51.0 Å². The largest absolute Gasteiger partial charge is 0.477 e. The van der Waals surface area contributed by atoms with Gasteiger partial charge < -0.3 is 14.4 Å². The first-order valence-electron chi connectivity index (χ1n) is 8.55. The normalized spacial score (nSPS) is 22.1. The topological polar surface area (TPSA) is 64.6 Å². The second-order valence-corrected chi connectivity index (χ2v) is 6.45. The molecule has 1 atom stereocenters. The van der Waals surface area contributed by atoms with Crippen LogP contribution < -0.4 is 9.47 Å². The molecule has 1 saturated heterocycles. The third-order valence-corrected chi connectivity index (χ3v) is 4.79. The van der Waals surface area contributed by atoms with E-state index in [1.807, 2.05) is 4.90 Å². The lowest BCUT2D eigenvalue weighted by Gasteiger charge is -2.24. The van der Waals surface area contributed by atoms with E-state index in [2.05, 4.69) is 9.97 Å². The van der Waals surface area contributed by atoms with Gasteiger partial charge in [0.1, 0.15) is 6.10 Å². The van der Waals surface area contributed by atoms with Gasteiger partial charge in [-0.1, -0.05) is 19.3 Å². The molecule has 23 heavy (non-hydrogen) atoms. The zero-order valence-electron chi connectivity index (χ0n) is 13.7. The fourth-order valence-corrected chi connectivity index (χ4v) is 3.51. The molecule has 3 rings (SSSR count). The minimum Gasteiger partial charge on any atom is -0.477 e. The average Bonchev–Trinajstić information content (AvgIpc) is 3.05. The average molecular weight is 319 g/mol. The molecular formula is C17H25N3O3. The van der Waals surface area contributed by atoms with Gasteiger partial charge in [0.05, 0.1) is 13.7 Å². The van der Waals surface area contributed by atoms with E-state index in [1.54, 1.807) is 19.5 Å². The highest BCUT2D eigenvalue weighted by Gasteiger charge is 2.30. The fraction of sp³-hybridized carbons (Fsp3) is 0.706. The molecule has 1 aromatic rings. The van der Waals surface area contributed by atoms with Gasteiger partial charge >= 0.3 is 0 Å². The van der Waals surface area contributed by atoms with Crippen LogP contribution in [0.25, 0.3) is 0 Å². The first kappa shape index (κ1) is 16.0. The lowest BCUT2D eigenvalue weighted by molar-refractivity contribution is -0.131. The predicted octanol–water partition coefficient (Wildman–Crippen LogP) is 2.44. The monoisotopic (exact) mass is 319 g/mol. The van der Waals surface area contributed by atoms with Crippen LogP contribution >= 0.6 is 0 Å². The number of carbonyl (C=O) groups excluding carboxylic acids is 1. The summed E-state index contributed by atoms with van der Waals surface area (Å²) in [6, 6.07) is 0. The molecule has 1 aromatic heterocycles. The number of carbonyl (C=O) groups is 1. The molecule has 1 aliphatic heterocycles. The van der Waals surface area contributed by atoms with E-state index in [0.29, 0.717) is 30.6 Å². The summed E-state index contributed by atoms with van der Waals surface area (Å²) in [6.45, 7) is 1.39. The van der Waals surface area contributed by atoms with Gasteiger partial charge in [0.2, 0.25) is 5.91 Å². The van der Waals surface area contributed by atoms with Gasteiger partial charge in [-0.15, -0.1) is 0 Å². The van der Waals surface area contributed by atoms with E-state index >= 15 is 0 Å². The molecule has 6 heteroatoms. The van der Waals surface area contributed by atoms with Crippen molar-refractivity contribution in [1.82, 2.24) is 14.9 Å². The summed E-state index contributed by atoms with van der Waals surface area (Å²) < 4.78 is 11.0. The standard InChI is InChI=1S/C17H25N3O3/c1-22-16-17(19-9-8-18-16)23-14-7-10-20(12-14)15(21)11-13-5-3-2-4-6-13/h8-9,13-14H,2-7,10-12H2,1H3. The zero-order chi connectivity index (χ0) is 16.1. The highest BCUT2D eigenvalue weighted by molar-refractivity contribution is 5.76. The summed E-state index contributed by atoms with van der Waals surface area (Å²) in [7, 11) is 1.55. The van der Waals surface area contributed by atoms with Gasteiger partial charge in [0.25, 0.3) is 11.8 Å². The SMILES string of the molecule is COc1nccnc1OC1CCN(C(=O)CC2CCCCC2)C1. The number of hydrogen-bond donors (Lipinski definition) is 0. The van der Waals surface area contributed by atoms with Crippen molar-refractivity contribution in [2.75, 3.05) is 20.2 Å². The number of methoxy groups -OCH3 is 1. The Hall–Kier alpha value is -1.85. The van der Waals surface area contributed by atoms with E-state index < -0.39 is 0 Å². The van der Waals surface area contributed by atoms with E-state index in [4.69, 9.17) is 9.47 Å². The molecule has 1 saturated carbocycles. The van der Waals surface area contributed by atoms with Crippen LogP contribution in [0.15, 0.2) is 12.4 Å². The summed E-state index contributed by atoms with van der Waals surface area (Å²) in [4.78, 5) is 22.6. The van der Waals surface area contributed by atoms with Crippen LogP contribution in [0.1, 0.15) is 44.9 Å². The Balaban J connectivity index is 1.50. The molecule has 0 aromatic carbocycles. The van der Waals surface area contributed by atoms with Crippen molar-refractivity contribution in [3.63, 3.8) is 0 Å². The second-order valence-electron chi connectivity index (χ2n) is 6.45. The third-order valence-electron chi connectivity index (χ3n) is 4.79. The first-order valence-corrected chi connectivity index (χ1v) is 8.55. The number of nitrogens with zero attached hydrogens (tertiary/aromatic N) is 3. The smallest absolute Gasteiger partial charge is 0.278 e. The van der Waals surface area contributed by atoms with Gasteiger partial charge in [-0.2, -0.15) is 0 Å². The van der Waals surface area contributed by atoms with Gasteiger partial charge in [-0.3, -0.25) is 4.79 Å². The summed E-state index contributed by atoms with van der Waals surface area (Å²) in [6.07, 6.45) is 10.9. The molecule has 2 aliphatic rings. The number of rotatable bonds is 5. The van der Waals surface area contributed by atoms with Gasteiger partial charge in [-0.25, -0.2) is 9.97 Å². The van der Waals surface area contributed by atoms with Crippen molar-refractivity contribution in [3.8, 4) is 11.8 Å². The summed E-state index contributed by atoms with van der Waals surface area (Å²) >= 11 is 0. The van der Waals surface area contributed by atoms with Crippen molar-refractivity contribution < 1.29 is 14.3 Å². The van der Waals surface area contributed by atoms with E-state index in [9.17, 15) is 4.79 Å². The van der Waals surface area contributed by atoms with E-state index in [-0.39, 0.29) is 12.0 Å². The molecule has 1 unspecified atom stereocenters. The van der Waals surface area contributed by atoms with Gasteiger partial charge in [-0.05, 0) is 18.8 Å². The van der Waals surface area contributed by atoms with Crippen LogP contribution in [0.3, 0.4) is 0 Å². The fourth-order valence-electron chi connectivity index (χ4n) is 3.51. The van der Waals surface area contributed by atoms with Crippen LogP contribution in [-0.2, 0) is 4.79 Å². The van der Waals surface area contributed by atoms with Crippen LogP contribution in [0.4, 0.5) is 0 Å². The number of likely N-dealkylation sites (tertiary alicyclic amines) is 1. The maximum Gasteiger partial charge on any atom is 0.278 e. The summed E-state index contributed by atoms with van der Waals surface area (Å²) in [5, 5.41) is 0. The molecule has 0 bridgehead atoms. The molecule has 126 valence electrons. The molecule has 0 radical (unpaired) electrons. The number of aromatic nitrogens is 2. The van der Waals surface area contributed by atoms with E-state index in [1.165, 1.54) is 32.1 Å². The number of ether oxygens (including phenoxy) is 2. The molecule has 0 N–H and O–H groups in total. The van der Waals surface area contributed by atoms with Crippen LogP contribution in [-0.4, -0.2) is 47.1 Å². The highest BCUT2D eigenvalue weighted by atomic mass is 16.5. The Morgan fingerprint density at radius 2 is 1.91 bits per heavy atom. The van der Waals surface area contributed by atoms with Crippen molar-refractivity contribution >= 4 is 5.91 Å². The molecule has 2 fully saturated rings. The lowest BCUT2D eigenvalue weighted by Crippen LogP contribution is -2.32. The Labute approximate surface area is 137 Å². The lowest BCUT2D eigenvalue weighted by atomic mass is 9.87. The summed E-state index contributed by atoms with van der Waals surface area (Å²) in [5.74, 6) is 1.64. The number of hydrogen-bond acceptors (Lipinski definition) is 5. The highest BCUT2D eigenvalue weighted by Crippen LogP contribution is 2.28. The van der Waals surface area contributed by atoms with Gasteiger partial charge in [0, 0.05) is 31.8 Å². The van der Waals surface area contributed by atoms with Crippen LogP contribution in [0.5, 0.6) is 11.8 Å². The van der Waals surface area contributed by atoms with Crippen molar-refractivity contribution in [1.29, 1.82) is 0 Å². The molecule has 1 amide bonds. The predicted molar refractivity (Wildman–Crippen MR) is 85.4 cm³/mol. The van der Waals surface area contributed by atoms with Crippen LogP contribution in [0.2, 0.25) is 0 Å². The van der Waals surface area contributed by atoms with E-state index in [0.717, 1.165) is 13.0 Å². The van der Waals surface area contributed by atoms with Crippen molar-refractivity contribution in [2.24, 2.45) is 5.92 Å². The molecule has 6 nitrogen and oxygen atoms in total. The Kier molecular flexibility index (Phi) is 5.31. The number of amides is 1. The molecule has 2 heterocycles. The molecule has 1 aliphatic carbocycles. The maximum absolute atomic E-state index is 12.5. The quantitative estimate of drug-likeness (QED) is 0.834. The second kappa shape index (κ2) is 7.62. The maximum atomic E-state index is 12.5. The van der Waals surface area contributed by atoms with Crippen LogP contribution in [0, 0.1) is 5.92 Å². The van der Waals surface area contributed by atoms with Gasteiger partial charge in [0.15, 0.2) is 0 Å². The minimum absolute atomic E-state index is 0.0316. The molecular weight excluding hydrogens is 294 g/mol. The minimum atomic E-state index is -0.0316. The Morgan fingerprint density at radius 1 is 1.17 bits per heavy atom. The van der Waals surface area contributed by atoms with Crippen molar-refractivity contribution in [3.05, 3.63) is 12.4 Å². The Morgan fingerprint density at radius 3 is 2.65 bits per heavy atom. The molecule has 0 spiro atoms. The zero-order valence-corrected chi connectivity index (χ0v) is 13.7. The summed E-state index contributed by atoms with van der Waals surface area (Å²) in [5.41, 5.74) is 0. The first-order chi connectivity index (χ1) is 11.3.